The second-order valence-electron chi connectivity index (χ2n) is 4.05. The van der Waals surface area contributed by atoms with E-state index in [0.717, 1.165) is 25.7 Å². The Labute approximate surface area is 77.2 Å². The minimum absolute atomic E-state index is 0.385. The molecule has 0 aliphatic rings. The van der Waals surface area contributed by atoms with Gasteiger partial charge in [-0.15, -0.1) is 0 Å². The molecule has 0 aromatic heterocycles. The van der Waals surface area contributed by atoms with Gasteiger partial charge in [0.1, 0.15) is 0 Å². The monoisotopic (exact) mass is 172 g/mol. The van der Waals surface area contributed by atoms with E-state index in [2.05, 4.69) is 27.7 Å². The van der Waals surface area contributed by atoms with Gasteiger partial charge in [0.15, 0.2) is 0 Å². The van der Waals surface area contributed by atoms with E-state index in [1.165, 1.54) is 6.42 Å². The number of hydrogen-bond acceptors (Lipinski definition) is 1. The van der Waals surface area contributed by atoms with Crippen molar-refractivity contribution in [2.45, 2.75) is 65.4 Å². The molecule has 12 heavy (non-hydrogen) atoms. The Hall–Kier alpha value is -0.0400. The van der Waals surface area contributed by atoms with Crippen molar-refractivity contribution in [2.24, 2.45) is 5.92 Å². The lowest BCUT2D eigenvalue weighted by molar-refractivity contribution is 0.00452. The van der Waals surface area contributed by atoms with Crippen LogP contribution in [-0.2, 0) is 0 Å². The quantitative estimate of drug-likeness (QED) is 0.651. The zero-order chi connectivity index (χ0) is 9.61. The van der Waals surface area contributed by atoms with E-state index in [9.17, 15) is 5.11 Å². The van der Waals surface area contributed by atoms with Crippen LogP contribution in [0.1, 0.15) is 59.8 Å². The maximum atomic E-state index is 10.1. The molecular formula is C11H24O. The van der Waals surface area contributed by atoms with Crippen molar-refractivity contribution in [1.82, 2.24) is 0 Å². The Balaban J connectivity index is 3.94. The maximum Gasteiger partial charge on any atom is 0.0647 e. The molecule has 1 N–H and O–H groups in total. The van der Waals surface area contributed by atoms with Crippen molar-refractivity contribution in [1.29, 1.82) is 0 Å². The summed E-state index contributed by atoms with van der Waals surface area (Å²) in [6, 6.07) is 0. The summed E-state index contributed by atoms with van der Waals surface area (Å²) in [6.07, 6.45) is 5.07. The van der Waals surface area contributed by atoms with Gasteiger partial charge in [0.2, 0.25) is 0 Å². The topological polar surface area (TPSA) is 20.2 Å². The molecule has 0 bridgehead atoms. The van der Waals surface area contributed by atoms with Crippen LogP contribution in [0.2, 0.25) is 0 Å². The van der Waals surface area contributed by atoms with Crippen molar-refractivity contribution >= 4 is 0 Å². The number of rotatable bonds is 6. The summed E-state index contributed by atoms with van der Waals surface area (Å²) in [7, 11) is 0. The first-order valence-corrected chi connectivity index (χ1v) is 5.30. The van der Waals surface area contributed by atoms with Crippen LogP contribution in [0, 0.1) is 5.92 Å². The third-order valence-corrected chi connectivity index (χ3v) is 2.80. The van der Waals surface area contributed by atoms with E-state index in [-0.39, 0.29) is 5.60 Å². The largest absolute Gasteiger partial charge is 0.390 e. The van der Waals surface area contributed by atoms with Crippen LogP contribution in [0.15, 0.2) is 0 Å². The first-order chi connectivity index (χ1) is 5.58. The van der Waals surface area contributed by atoms with E-state index >= 15 is 0 Å². The average Bonchev–Trinajstić information content (AvgIpc) is 2.05. The summed E-state index contributed by atoms with van der Waals surface area (Å²) in [6.45, 7) is 8.62. The highest BCUT2D eigenvalue weighted by molar-refractivity contribution is 4.78. The van der Waals surface area contributed by atoms with E-state index in [1.54, 1.807) is 0 Å². The second-order valence-corrected chi connectivity index (χ2v) is 4.05. The molecule has 0 rings (SSSR count). The Morgan fingerprint density at radius 1 is 1.25 bits per heavy atom. The molecule has 74 valence electrons. The molecule has 1 nitrogen and oxygen atoms in total. The zero-order valence-corrected chi connectivity index (χ0v) is 9.06. The van der Waals surface area contributed by atoms with Gasteiger partial charge in [-0.05, 0) is 25.2 Å². The summed E-state index contributed by atoms with van der Waals surface area (Å²) >= 11 is 0. The van der Waals surface area contributed by atoms with E-state index in [1.807, 2.05) is 0 Å². The van der Waals surface area contributed by atoms with Gasteiger partial charge in [0.25, 0.3) is 0 Å². The van der Waals surface area contributed by atoms with Crippen molar-refractivity contribution in [3.05, 3.63) is 0 Å². The highest BCUT2D eigenvalue weighted by Gasteiger charge is 2.24. The predicted molar refractivity (Wildman–Crippen MR) is 54.2 cm³/mol. The molecule has 0 fully saturated rings. The van der Waals surface area contributed by atoms with Gasteiger partial charge in [0.05, 0.1) is 5.60 Å². The predicted octanol–water partition coefficient (Wildman–Crippen LogP) is 3.36. The molecular weight excluding hydrogens is 148 g/mol. The van der Waals surface area contributed by atoms with Crippen molar-refractivity contribution in [2.75, 3.05) is 0 Å². The average molecular weight is 172 g/mol. The molecule has 1 heteroatoms. The van der Waals surface area contributed by atoms with Crippen LogP contribution in [0.5, 0.6) is 0 Å². The van der Waals surface area contributed by atoms with Gasteiger partial charge < -0.3 is 5.11 Å². The molecule has 0 aliphatic carbocycles. The standard InChI is InChI=1S/C11H24O/c1-5-8-11(12,7-3)9-10(4)6-2/h10,12H,5-9H2,1-4H3. The van der Waals surface area contributed by atoms with Gasteiger partial charge in [-0.3, -0.25) is 0 Å². The van der Waals surface area contributed by atoms with Crippen LogP contribution < -0.4 is 0 Å². The number of aliphatic hydroxyl groups is 1. The van der Waals surface area contributed by atoms with Crippen LogP contribution >= 0.6 is 0 Å². The third-order valence-electron chi connectivity index (χ3n) is 2.80. The smallest absolute Gasteiger partial charge is 0.0647 e. The molecule has 0 spiro atoms. The van der Waals surface area contributed by atoms with E-state index in [0.29, 0.717) is 5.92 Å². The normalized spacial score (nSPS) is 18.8. The van der Waals surface area contributed by atoms with Gasteiger partial charge in [-0.25, -0.2) is 0 Å². The summed E-state index contributed by atoms with van der Waals surface area (Å²) in [5, 5.41) is 10.1. The molecule has 0 heterocycles. The Morgan fingerprint density at radius 2 is 1.83 bits per heavy atom. The first kappa shape index (κ1) is 12.0. The fraction of sp³-hybridized carbons (Fsp3) is 1.00. The summed E-state index contributed by atoms with van der Waals surface area (Å²) in [4.78, 5) is 0. The highest BCUT2D eigenvalue weighted by Crippen LogP contribution is 2.26. The summed E-state index contributed by atoms with van der Waals surface area (Å²) in [5.41, 5.74) is -0.385. The maximum absolute atomic E-state index is 10.1. The minimum atomic E-state index is -0.385. The Bertz CT molecular complexity index is 112. The molecule has 0 amide bonds. The minimum Gasteiger partial charge on any atom is -0.390 e. The van der Waals surface area contributed by atoms with Gasteiger partial charge in [0, 0.05) is 0 Å². The summed E-state index contributed by atoms with van der Waals surface area (Å²) in [5.74, 6) is 0.654. The van der Waals surface area contributed by atoms with Gasteiger partial charge in [-0.2, -0.15) is 0 Å². The molecule has 0 saturated heterocycles. The fourth-order valence-electron chi connectivity index (χ4n) is 1.68. The SMILES string of the molecule is CCCC(O)(CC)CC(C)CC. The highest BCUT2D eigenvalue weighted by atomic mass is 16.3. The zero-order valence-electron chi connectivity index (χ0n) is 9.06. The lowest BCUT2D eigenvalue weighted by atomic mass is 9.85. The lowest BCUT2D eigenvalue weighted by Gasteiger charge is -2.29. The number of hydrogen-bond donors (Lipinski definition) is 1. The molecule has 0 radical (unpaired) electrons. The van der Waals surface area contributed by atoms with E-state index in [4.69, 9.17) is 0 Å². The lowest BCUT2D eigenvalue weighted by Crippen LogP contribution is -2.29. The Morgan fingerprint density at radius 3 is 2.17 bits per heavy atom. The van der Waals surface area contributed by atoms with Crippen molar-refractivity contribution in [3.63, 3.8) is 0 Å². The van der Waals surface area contributed by atoms with Gasteiger partial charge >= 0.3 is 0 Å². The molecule has 0 saturated carbocycles. The van der Waals surface area contributed by atoms with Crippen molar-refractivity contribution in [3.8, 4) is 0 Å². The van der Waals surface area contributed by atoms with Crippen LogP contribution in [0.4, 0.5) is 0 Å². The van der Waals surface area contributed by atoms with E-state index < -0.39 is 0 Å². The molecule has 2 unspecified atom stereocenters. The van der Waals surface area contributed by atoms with Crippen LogP contribution in [-0.4, -0.2) is 10.7 Å². The molecule has 2 atom stereocenters. The molecule has 0 aliphatic heterocycles. The fourth-order valence-corrected chi connectivity index (χ4v) is 1.68. The molecule has 0 aromatic rings. The van der Waals surface area contributed by atoms with Crippen molar-refractivity contribution < 1.29 is 5.11 Å². The Kier molecular flexibility index (Phi) is 5.56. The van der Waals surface area contributed by atoms with Gasteiger partial charge in [-0.1, -0.05) is 40.5 Å². The van der Waals surface area contributed by atoms with Crippen LogP contribution in [0.25, 0.3) is 0 Å². The van der Waals surface area contributed by atoms with Crippen LogP contribution in [0.3, 0.4) is 0 Å². The first-order valence-electron chi connectivity index (χ1n) is 5.30. The second kappa shape index (κ2) is 5.58. The summed E-state index contributed by atoms with van der Waals surface area (Å²) < 4.78 is 0. The third kappa shape index (κ3) is 4.10. The molecule has 0 aromatic carbocycles.